The van der Waals surface area contributed by atoms with Gasteiger partial charge in [0.05, 0.1) is 22.1 Å². The first-order chi connectivity index (χ1) is 36.2. The molecule has 11 aromatic rings. The average molecular weight is 1020 g/mol. The third-order valence-electron chi connectivity index (χ3n) is 16.2. The lowest BCUT2D eigenvalue weighted by atomic mass is 9.36. The molecular weight excluding hydrogens is 958 g/mol. The van der Waals surface area contributed by atoms with E-state index < -0.39 is 0 Å². The third kappa shape index (κ3) is 8.04. The number of para-hydroxylation sites is 2. The molecule has 2 aliphatic rings. The highest BCUT2D eigenvalue weighted by Crippen LogP contribution is 2.47. The Morgan fingerprint density at radius 3 is 0.974 bits per heavy atom. The van der Waals surface area contributed by atoms with Crippen molar-refractivity contribution in [2.45, 2.75) is 124 Å². The summed E-state index contributed by atoms with van der Waals surface area (Å²) in [5.41, 5.74) is 20.4. The van der Waals surface area contributed by atoms with Gasteiger partial charge in [-0.05, 0) is 159 Å². The molecule has 0 unspecified atom stereocenters. The first kappa shape index (κ1) is 48.8. The van der Waals surface area contributed by atoms with Crippen LogP contribution in [0.2, 0.25) is 0 Å². The van der Waals surface area contributed by atoms with Gasteiger partial charge in [-0.1, -0.05) is 190 Å². The minimum Gasteiger partial charge on any atom is -0.310 e. The molecule has 76 heavy (non-hydrogen) atoms. The topological polar surface area (TPSA) is 13.1 Å². The zero-order chi connectivity index (χ0) is 52.8. The van der Waals surface area contributed by atoms with E-state index in [1.165, 1.54) is 113 Å². The standard InChI is InChI=1S/C70H66BN3S2/c1-67(2,3)43-23-31-58-52(35-43)53-36-44(68(4,5)6)24-32-59(53)73(58)49-27-29-56-62(39-49)75-64-41-51(72(47-19-15-13-16-20-47)48-21-17-14-18-22-48)42-65-66(64)71(56)57-30-28-50(40-63(57)76-65)74-60-33-25-45(69(7,8)9)37-54(60)55-38-46(70(10,11)12)26-34-61(55)74/h13-42H,1-12H3. The van der Waals surface area contributed by atoms with Gasteiger partial charge in [0, 0.05) is 69.6 Å². The quantitative estimate of drug-likeness (QED) is 0.160. The summed E-state index contributed by atoms with van der Waals surface area (Å²) in [7, 11) is 0. The van der Waals surface area contributed by atoms with Gasteiger partial charge in [0.25, 0.3) is 0 Å². The van der Waals surface area contributed by atoms with Crippen molar-refractivity contribution >= 4 is 107 Å². The summed E-state index contributed by atoms with van der Waals surface area (Å²) in [4.78, 5) is 7.63. The Labute approximate surface area is 458 Å². The maximum atomic E-state index is 2.52. The summed E-state index contributed by atoms with van der Waals surface area (Å²) in [6.07, 6.45) is 0. The molecule has 2 aliphatic heterocycles. The maximum Gasteiger partial charge on any atom is 0.247 e. The Kier molecular flexibility index (Phi) is 11.1. The minimum absolute atomic E-state index is 0.0273. The van der Waals surface area contributed by atoms with Gasteiger partial charge in [0.1, 0.15) is 0 Å². The number of hydrogen-bond donors (Lipinski definition) is 0. The fraction of sp³-hybridized carbons (Fsp3) is 0.229. The molecular formula is C70H66BN3S2. The van der Waals surface area contributed by atoms with Gasteiger partial charge in [-0.3, -0.25) is 0 Å². The van der Waals surface area contributed by atoms with E-state index in [1.807, 2.05) is 23.5 Å². The zero-order valence-corrected chi connectivity index (χ0v) is 47.7. The third-order valence-corrected chi connectivity index (χ3v) is 18.5. The largest absolute Gasteiger partial charge is 0.310 e. The van der Waals surface area contributed by atoms with Crippen molar-refractivity contribution in [1.29, 1.82) is 0 Å². The molecule has 9 aromatic carbocycles. The van der Waals surface area contributed by atoms with Crippen LogP contribution >= 0.6 is 23.5 Å². The monoisotopic (exact) mass is 1020 g/mol. The predicted octanol–water partition coefficient (Wildman–Crippen LogP) is 18.0. The van der Waals surface area contributed by atoms with Gasteiger partial charge in [-0.15, -0.1) is 0 Å². The SMILES string of the molecule is CC(C)(C)c1ccc2c(c1)c1cc(C(C)(C)C)ccc1n2-c1ccc2c(c1)Sc1cc(N(c3ccccc3)c3ccccc3)cc3c1B2c1ccc(-n2c4ccc(C(C)(C)C)cc4c4cc(C(C)(C)C)ccc42)cc1S3. The fourth-order valence-electron chi connectivity index (χ4n) is 11.9. The molecule has 376 valence electrons. The molecule has 0 aliphatic carbocycles. The first-order valence-electron chi connectivity index (χ1n) is 27.1. The van der Waals surface area contributed by atoms with Gasteiger partial charge < -0.3 is 14.0 Å². The van der Waals surface area contributed by atoms with E-state index in [0.717, 1.165) is 17.1 Å². The second-order valence-corrected chi connectivity index (χ2v) is 27.7. The maximum absolute atomic E-state index is 2.52. The first-order valence-corrected chi connectivity index (χ1v) is 28.7. The van der Waals surface area contributed by atoms with Crippen molar-refractivity contribution in [3.8, 4) is 11.4 Å². The van der Waals surface area contributed by atoms with Gasteiger partial charge >= 0.3 is 0 Å². The van der Waals surface area contributed by atoms with E-state index in [1.54, 1.807) is 0 Å². The Bertz CT molecular complexity index is 3750. The minimum atomic E-state index is 0.0273. The lowest BCUT2D eigenvalue weighted by Crippen LogP contribution is -2.58. The molecule has 4 heterocycles. The summed E-state index contributed by atoms with van der Waals surface area (Å²) in [6.45, 7) is 27.9. The molecule has 0 fully saturated rings. The highest BCUT2D eigenvalue weighted by Gasteiger charge is 2.40. The van der Waals surface area contributed by atoms with E-state index in [0.29, 0.717) is 0 Å². The highest BCUT2D eigenvalue weighted by molar-refractivity contribution is 8.01. The molecule has 0 bridgehead atoms. The van der Waals surface area contributed by atoms with Crippen LogP contribution in [0.1, 0.15) is 105 Å². The molecule has 13 rings (SSSR count). The van der Waals surface area contributed by atoms with E-state index >= 15 is 0 Å². The Hall–Kier alpha value is -6.86. The Morgan fingerprint density at radius 2 is 0.658 bits per heavy atom. The van der Waals surface area contributed by atoms with E-state index in [2.05, 4.69) is 279 Å². The second-order valence-electron chi connectivity index (χ2n) is 25.5. The number of nitrogens with zero attached hydrogens (tertiary/aromatic N) is 3. The van der Waals surface area contributed by atoms with Gasteiger partial charge in [0.2, 0.25) is 6.71 Å². The van der Waals surface area contributed by atoms with Crippen LogP contribution in [0.15, 0.2) is 202 Å². The van der Waals surface area contributed by atoms with Crippen LogP contribution in [0.5, 0.6) is 0 Å². The van der Waals surface area contributed by atoms with Crippen LogP contribution in [0.25, 0.3) is 55.0 Å². The molecule has 0 saturated carbocycles. The van der Waals surface area contributed by atoms with Crippen LogP contribution in [0.4, 0.5) is 17.1 Å². The normalized spacial score (nSPS) is 13.7. The summed E-state index contributed by atoms with van der Waals surface area (Å²) < 4.78 is 5.04. The number of hydrogen-bond acceptors (Lipinski definition) is 3. The average Bonchev–Trinajstić information content (AvgIpc) is 4.09. The van der Waals surface area contributed by atoms with Crippen molar-refractivity contribution in [3.05, 3.63) is 204 Å². The molecule has 0 N–H and O–H groups in total. The summed E-state index contributed by atoms with van der Waals surface area (Å²) in [5.74, 6) is 0. The number of aromatic nitrogens is 2. The molecule has 0 saturated heterocycles. The van der Waals surface area contributed by atoms with E-state index in [9.17, 15) is 0 Å². The van der Waals surface area contributed by atoms with Crippen molar-refractivity contribution in [2.75, 3.05) is 4.90 Å². The number of benzene rings is 9. The van der Waals surface area contributed by atoms with Gasteiger partial charge in [-0.2, -0.15) is 0 Å². The zero-order valence-electron chi connectivity index (χ0n) is 46.1. The molecule has 0 amide bonds. The highest BCUT2D eigenvalue weighted by atomic mass is 32.2. The summed E-state index contributed by atoms with van der Waals surface area (Å²) >= 11 is 3.86. The molecule has 0 spiro atoms. The fourth-order valence-corrected chi connectivity index (χ4v) is 14.5. The molecule has 2 aromatic heterocycles. The van der Waals surface area contributed by atoms with Gasteiger partial charge in [0.15, 0.2) is 0 Å². The van der Waals surface area contributed by atoms with Gasteiger partial charge in [-0.25, -0.2) is 0 Å². The Balaban J connectivity index is 1.03. The van der Waals surface area contributed by atoms with Crippen LogP contribution < -0.4 is 21.3 Å². The molecule has 0 atom stereocenters. The predicted molar refractivity (Wildman–Crippen MR) is 330 cm³/mol. The van der Waals surface area contributed by atoms with Crippen LogP contribution in [-0.2, 0) is 21.7 Å². The van der Waals surface area contributed by atoms with Crippen LogP contribution in [-0.4, -0.2) is 15.8 Å². The van der Waals surface area contributed by atoms with Crippen molar-refractivity contribution < 1.29 is 0 Å². The Morgan fingerprint density at radius 1 is 0.329 bits per heavy atom. The molecule has 6 heteroatoms. The van der Waals surface area contributed by atoms with Crippen molar-refractivity contribution in [1.82, 2.24) is 9.13 Å². The number of anilines is 3. The lowest BCUT2D eigenvalue weighted by Gasteiger charge is -2.35. The lowest BCUT2D eigenvalue weighted by molar-refractivity contribution is 0.590. The van der Waals surface area contributed by atoms with E-state index in [-0.39, 0.29) is 28.4 Å². The van der Waals surface area contributed by atoms with Crippen LogP contribution in [0.3, 0.4) is 0 Å². The smallest absolute Gasteiger partial charge is 0.247 e. The number of rotatable bonds is 5. The van der Waals surface area contributed by atoms with E-state index in [4.69, 9.17) is 0 Å². The summed E-state index contributed by atoms with van der Waals surface area (Å²) in [6, 6.07) is 70.0. The molecule has 0 radical (unpaired) electrons. The van der Waals surface area contributed by atoms with Crippen molar-refractivity contribution in [3.63, 3.8) is 0 Å². The van der Waals surface area contributed by atoms with Crippen molar-refractivity contribution in [2.24, 2.45) is 0 Å². The number of fused-ring (bicyclic) bond motifs is 10. The second kappa shape index (κ2) is 17.3. The summed E-state index contributed by atoms with van der Waals surface area (Å²) in [5, 5.41) is 5.23. The van der Waals surface area contributed by atoms with Crippen LogP contribution in [0, 0.1) is 0 Å². The molecule has 3 nitrogen and oxygen atoms in total.